The van der Waals surface area contributed by atoms with E-state index in [9.17, 15) is 0 Å². The second kappa shape index (κ2) is 6.59. The highest BCUT2D eigenvalue weighted by Crippen LogP contribution is 2.36. The maximum atomic E-state index is 6.15. The van der Waals surface area contributed by atoms with Crippen molar-refractivity contribution < 1.29 is 4.74 Å². The molecule has 112 valence electrons. The number of methoxy groups -OCH3 is 1. The predicted molar refractivity (Wildman–Crippen MR) is 83.9 cm³/mol. The molecule has 3 nitrogen and oxygen atoms in total. The molecular formula is C17H28N2O. The number of para-hydroxylation sites is 1. The Morgan fingerprint density at radius 2 is 2.15 bits per heavy atom. The van der Waals surface area contributed by atoms with E-state index in [4.69, 9.17) is 10.5 Å². The molecule has 2 rings (SSSR count). The van der Waals surface area contributed by atoms with Gasteiger partial charge in [0.05, 0.1) is 7.11 Å². The van der Waals surface area contributed by atoms with Gasteiger partial charge in [0.15, 0.2) is 0 Å². The largest absolute Gasteiger partial charge is 0.496 e. The van der Waals surface area contributed by atoms with E-state index >= 15 is 0 Å². The number of likely N-dealkylation sites (N-methyl/N-ethyl adjacent to an activating group) is 1. The fraction of sp³-hybridized carbons (Fsp3) is 0.647. The van der Waals surface area contributed by atoms with Crippen LogP contribution in [0.3, 0.4) is 0 Å². The van der Waals surface area contributed by atoms with E-state index in [2.05, 4.69) is 31.0 Å². The van der Waals surface area contributed by atoms with Crippen LogP contribution in [0.25, 0.3) is 0 Å². The lowest BCUT2D eigenvalue weighted by Crippen LogP contribution is -2.54. The summed E-state index contributed by atoms with van der Waals surface area (Å²) in [6.07, 6.45) is 5.04. The number of ether oxygens (including phenoxy) is 1. The van der Waals surface area contributed by atoms with Gasteiger partial charge in [0.1, 0.15) is 5.75 Å². The third kappa shape index (κ3) is 3.15. The van der Waals surface area contributed by atoms with Crippen LogP contribution in [0.5, 0.6) is 5.75 Å². The fourth-order valence-electron chi connectivity index (χ4n) is 3.58. The normalized spacial score (nSPS) is 26.8. The molecule has 1 aromatic carbocycles. The molecule has 1 aliphatic rings. The van der Waals surface area contributed by atoms with Gasteiger partial charge in [-0.3, -0.25) is 4.90 Å². The van der Waals surface area contributed by atoms with Crippen molar-refractivity contribution in [3.05, 3.63) is 29.8 Å². The van der Waals surface area contributed by atoms with Crippen molar-refractivity contribution in [2.24, 2.45) is 11.7 Å². The molecular weight excluding hydrogens is 248 g/mol. The Labute approximate surface area is 123 Å². The maximum absolute atomic E-state index is 6.15. The first-order chi connectivity index (χ1) is 9.61. The first-order valence-corrected chi connectivity index (χ1v) is 7.64. The van der Waals surface area contributed by atoms with Crippen LogP contribution in [0.2, 0.25) is 0 Å². The van der Waals surface area contributed by atoms with Gasteiger partial charge in [0, 0.05) is 24.2 Å². The summed E-state index contributed by atoms with van der Waals surface area (Å²) in [6.45, 7) is 3.98. The number of rotatable bonds is 5. The van der Waals surface area contributed by atoms with Gasteiger partial charge in [-0.25, -0.2) is 0 Å². The van der Waals surface area contributed by atoms with Crippen LogP contribution >= 0.6 is 0 Å². The molecule has 3 heteroatoms. The highest BCUT2D eigenvalue weighted by Gasteiger charge is 2.37. The van der Waals surface area contributed by atoms with Gasteiger partial charge in [-0.15, -0.1) is 0 Å². The number of hydrogen-bond donors (Lipinski definition) is 1. The number of nitrogens with zero attached hydrogens (tertiary/aromatic N) is 1. The van der Waals surface area contributed by atoms with Crippen molar-refractivity contribution in [3.8, 4) is 5.75 Å². The first kappa shape index (κ1) is 15.3. The molecule has 0 saturated heterocycles. The number of hydrogen-bond acceptors (Lipinski definition) is 3. The predicted octanol–water partition coefficient (Wildman–Crippen LogP) is 3.03. The van der Waals surface area contributed by atoms with E-state index in [0.717, 1.165) is 24.8 Å². The zero-order chi connectivity index (χ0) is 14.6. The van der Waals surface area contributed by atoms with Crippen molar-refractivity contribution >= 4 is 0 Å². The van der Waals surface area contributed by atoms with Crippen LogP contribution in [-0.2, 0) is 6.54 Å². The minimum atomic E-state index is 0.151. The molecule has 0 aromatic heterocycles. The van der Waals surface area contributed by atoms with Crippen LogP contribution in [0, 0.1) is 5.92 Å². The minimum absolute atomic E-state index is 0.151. The van der Waals surface area contributed by atoms with Crippen LogP contribution in [-0.4, -0.2) is 31.1 Å². The second-order valence-corrected chi connectivity index (χ2v) is 6.30. The Bertz CT molecular complexity index is 435. The van der Waals surface area contributed by atoms with Crippen LogP contribution in [0.15, 0.2) is 24.3 Å². The fourth-order valence-corrected chi connectivity index (χ4v) is 3.58. The Kier molecular flexibility index (Phi) is 5.06. The summed E-state index contributed by atoms with van der Waals surface area (Å²) in [5.74, 6) is 1.74. The van der Waals surface area contributed by atoms with Gasteiger partial charge in [0.25, 0.3) is 0 Å². The van der Waals surface area contributed by atoms with Crippen molar-refractivity contribution in [1.29, 1.82) is 0 Å². The third-order valence-electron chi connectivity index (χ3n) is 4.86. The van der Waals surface area contributed by atoms with Crippen molar-refractivity contribution in [1.82, 2.24) is 4.90 Å². The molecule has 0 aliphatic heterocycles. The molecule has 1 saturated carbocycles. The van der Waals surface area contributed by atoms with Crippen molar-refractivity contribution in [2.75, 3.05) is 20.7 Å². The maximum Gasteiger partial charge on any atom is 0.123 e. The van der Waals surface area contributed by atoms with Crippen LogP contribution < -0.4 is 10.5 Å². The summed E-state index contributed by atoms with van der Waals surface area (Å²) in [5.41, 5.74) is 7.54. The number of benzene rings is 1. The Morgan fingerprint density at radius 3 is 2.80 bits per heavy atom. The minimum Gasteiger partial charge on any atom is -0.496 e. The summed E-state index contributed by atoms with van der Waals surface area (Å²) in [7, 11) is 3.94. The van der Waals surface area contributed by atoms with Gasteiger partial charge < -0.3 is 10.5 Å². The standard InChI is InChI=1S/C17H28N2O/c1-14-7-6-10-17(11-14,13-18)19(2)12-15-8-4-5-9-16(15)20-3/h4-5,8-9,14H,6-7,10-13,18H2,1-3H3. The molecule has 0 bridgehead atoms. The first-order valence-electron chi connectivity index (χ1n) is 7.64. The lowest BCUT2D eigenvalue weighted by atomic mass is 9.75. The molecule has 1 fully saturated rings. The summed E-state index contributed by atoms with van der Waals surface area (Å²) in [4.78, 5) is 2.44. The van der Waals surface area contributed by atoms with E-state index in [1.807, 2.05) is 12.1 Å². The quantitative estimate of drug-likeness (QED) is 0.898. The van der Waals surface area contributed by atoms with Crippen LogP contribution in [0.4, 0.5) is 0 Å². The molecule has 2 atom stereocenters. The molecule has 20 heavy (non-hydrogen) atoms. The van der Waals surface area contributed by atoms with Gasteiger partial charge in [-0.05, 0) is 31.9 Å². The molecule has 0 heterocycles. The molecule has 0 amide bonds. The van der Waals surface area contributed by atoms with Crippen molar-refractivity contribution in [3.63, 3.8) is 0 Å². The zero-order valence-electron chi connectivity index (χ0n) is 13.1. The molecule has 0 spiro atoms. The number of nitrogens with two attached hydrogens (primary N) is 1. The highest BCUT2D eigenvalue weighted by molar-refractivity contribution is 5.33. The van der Waals surface area contributed by atoms with Crippen molar-refractivity contribution in [2.45, 2.75) is 44.7 Å². The summed E-state index contributed by atoms with van der Waals surface area (Å²) in [6, 6.07) is 8.27. The molecule has 0 radical (unpaired) electrons. The molecule has 1 aliphatic carbocycles. The van der Waals surface area contributed by atoms with Gasteiger partial charge >= 0.3 is 0 Å². The van der Waals surface area contributed by atoms with Gasteiger partial charge in [0.2, 0.25) is 0 Å². The van der Waals surface area contributed by atoms with Crippen LogP contribution in [0.1, 0.15) is 38.2 Å². The molecule has 2 N–H and O–H groups in total. The Balaban J connectivity index is 2.14. The second-order valence-electron chi connectivity index (χ2n) is 6.30. The monoisotopic (exact) mass is 276 g/mol. The van der Waals surface area contributed by atoms with Gasteiger partial charge in [-0.2, -0.15) is 0 Å². The highest BCUT2D eigenvalue weighted by atomic mass is 16.5. The third-order valence-corrected chi connectivity index (χ3v) is 4.86. The average molecular weight is 276 g/mol. The Morgan fingerprint density at radius 1 is 1.40 bits per heavy atom. The van der Waals surface area contributed by atoms with E-state index in [1.54, 1.807) is 7.11 Å². The average Bonchev–Trinajstić information content (AvgIpc) is 2.47. The summed E-state index contributed by atoms with van der Waals surface area (Å²) < 4.78 is 5.46. The smallest absolute Gasteiger partial charge is 0.123 e. The van der Waals surface area contributed by atoms with E-state index < -0.39 is 0 Å². The Hall–Kier alpha value is -1.06. The van der Waals surface area contributed by atoms with E-state index in [-0.39, 0.29) is 5.54 Å². The molecule has 1 aromatic rings. The van der Waals surface area contributed by atoms with E-state index in [1.165, 1.54) is 31.2 Å². The summed E-state index contributed by atoms with van der Waals surface area (Å²) >= 11 is 0. The zero-order valence-corrected chi connectivity index (χ0v) is 13.1. The molecule has 2 unspecified atom stereocenters. The SMILES string of the molecule is COc1ccccc1CN(C)C1(CN)CCCC(C)C1. The van der Waals surface area contributed by atoms with E-state index in [0.29, 0.717) is 0 Å². The van der Waals surface area contributed by atoms with Gasteiger partial charge in [-0.1, -0.05) is 38.0 Å². The summed E-state index contributed by atoms with van der Waals surface area (Å²) in [5, 5.41) is 0. The lowest BCUT2D eigenvalue weighted by molar-refractivity contribution is 0.0549. The lowest BCUT2D eigenvalue weighted by Gasteiger charge is -2.46. The topological polar surface area (TPSA) is 38.5 Å².